The number of carbonyl (C=O) groups is 1. The van der Waals surface area contributed by atoms with Crippen molar-refractivity contribution < 1.29 is 4.79 Å². The van der Waals surface area contributed by atoms with Crippen LogP contribution in [0.5, 0.6) is 0 Å². The maximum atomic E-state index is 12.6. The number of rotatable bonds is 3. The van der Waals surface area contributed by atoms with Gasteiger partial charge in [-0.1, -0.05) is 24.3 Å². The Bertz CT molecular complexity index is 833. The van der Waals surface area contributed by atoms with Gasteiger partial charge < -0.3 is 10.3 Å². The van der Waals surface area contributed by atoms with Gasteiger partial charge in [0.2, 0.25) is 5.91 Å². The molecular weight excluding hydrogens is 314 g/mol. The lowest BCUT2D eigenvalue weighted by molar-refractivity contribution is -0.114. The van der Waals surface area contributed by atoms with Crippen LogP contribution >= 0.6 is 0 Å². The van der Waals surface area contributed by atoms with E-state index in [4.69, 9.17) is 0 Å². The van der Waals surface area contributed by atoms with Gasteiger partial charge in [0.25, 0.3) is 5.56 Å². The quantitative estimate of drug-likeness (QED) is 0.905. The molecule has 1 saturated heterocycles. The molecule has 2 heterocycles. The molecule has 1 unspecified atom stereocenters. The van der Waals surface area contributed by atoms with E-state index in [9.17, 15) is 9.59 Å². The van der Waals surface area contributed by atoms with E-state index in [1.807, 2.05) is 6.07 Å². The number of likely N-dealkylation sites (tertiary alicyclic amines) is 1. The van der Waals surface area contributed by atoms with E-state index in [1.165, 1.54) is 18.1 Å². The average molecular weight is 337 g/mol. The van der Waals surface area contributed by atoms with Gasteiger partial charge in [-0.25, -0.2) is 0 Å². The fourth-order valence-corrected chi connectivity index (χ4v) is 4.34. The molecule has 5 heteroatoms. The summed E-state index contributed by atoms with van der Waals surface area (Å²) >= 11 is 0. The summed E-state index contributed by atoms with van der Waals surface area (Å²) in [7, 11) is 0. The predicted octanol–water partition coefficient (Wildman–Crippen LogP) is 2.64. The Morgan fingerprint density at radius 1 is 1.16 bits per heavy atom. The molecule has 1 aliphatic carbocycles. The van der Waals surface area contributed by atoms with Crippen LogP contribution in [-0.4, -0.2) is 28.4 Å². The molecule has 130 valence electrons. The normalized spacial score (nSPS) is 20.6. The number of aromatic nitrogens is 1. The zero-order valence-electron chi connectivity index (χ0n) is 14.4. The van der Waals surface area contributed by atoms with Crippen molar-refractivity contribution in [2.24, 2.45) is 0 Å². The summed E-state index contributed by atoms with van der Waals surface area (Å²) in [6, 6.07) is 12.9. The maximum absolute atomic E-state index is 12.6. The van der Waals surface area contributed by atoms with E-state index in [0.29, 0.717) is 11.9 Å². The lowest BCUT2D eigenvalue weighted by Gasteiger charge is -2.30. The van der Waals surface area contributed by atoms with Crippen LogP contribution in [0, 0.1) is 0 Å². The van der Waals surface area contributed by atoms with Crippen LogP contribution in [-0.2, 0) is 17.6 Å². The molecule has 25 heavy (non-hydrogen) atoms. The number of amides is 1. The summed E-state index contributed by atoms with van der Waals surface area (Å²) in [5.74, 6) is 0.272. The number of nitrogens with one attached hydrogen (secondary N) is 2. The number of H-pyrrole nitrogens is 1. The molecule has 5 nitrogen and oxygen atoms in total. The van der Waals surface area contributed by atoms with Crippen molar-refractivity contribution >= 4 is 11.7 Å². The molecule has 1 aromatic heterocycles. The van der Waals surface area contributed by atoms with E-state index in [2.05, 4.69) is 39.5 Å². The van der Waals surface area contributed by atoms with E-state index in [1.54, 1.807) is 6.07 Å². The van der Waals surface area contributed by atoms with Gasteiger partial charge >= 0.3 is 0 Å². The van der Waals surface area contributed by atoms with Gasteiger partial charge in [-0.05, 0) is 55.5 Å². The molecule has 2 aliphatic rings. The minimum Gasteiger partial charge on any atom is -0.312 e. The Balaban J connectivity index is 1.56. The van der Waals surface area contributed by atoms with Gasteiger partial charge in [-0.15, -0.1) is 0 Å². The van der Waals surface area contributed by atoms with Crippen molar-refractivity contribution in [3.63, 3.8) is 0 Å². The zero-order chi connectivity index (χ0) is 17.4. The first-order valence-corrected chi connectivity index (χ1v) is 8.95. The monoisotopic (exact) mass is 337 g/mol. The molecule has 1 aromatic carbocycles. The molecule has 2 aromatic rings. The topological polar surface area (TPSA) is 65.2 Å². The molecule has 1 aliphatic heterocycles. The van der Waals surface area contributed by atoms with Crippen LogP contribution in [0.1, 0.15) is 42.5 Å². The summed E-state index contributed by atoms with van der Waals surface area (Å²) in [5, 5.41) is 2.63. The van der Waals surface area contributed by atoms with Crippen molar-refractivity contribution in [1.82, 2.24) is 9.88 Å². The van der Waals surface area contributed by atoms with Crippen LogP contribution in [0.15, 0.2) is 41.2 Å². The third-order valence-electron chi connectivity index (χ3n) is 5.40. The number of pyridine rings is 1. The van der Waals surface area contributed by atoms with Gasteiger partial charge in [0.15, 0.2) is 0 Å². The first-order valence-electron chi connectivity index (χ1n) is 8.95. The molecule has 0 bridgehead atoms. The highest BCUT2D eigenvalue weighted by Gasteiger charge is 2.35. The average Bonchev–Trinajstić information content (AvgIpc) is 3.20. The van der Waals surface area contributed by atoms with Crippen molar-refractivity contribution in [1.29, 1.82) is 0 Å². The van der Waals surface area contributed by atoms with E-state index < -0.39 is 0 Å². The van der Waals surface area contributed by atoms with Crippen LogP contribution in [0.3, 0.4) is 0 Å². The van der Waals surface area contributed by atoms with Gasteiger partial charge in [-0.3, -0.25) is 14.5 Å². The Kier molecular flexibility index (Phi) is 4.17. The third-order valence-corrected chi connectivity index (χ3v) is 5.40. The summed E-state index contributed by atoms with van der Waals surface area (Å²) in [6.07, 6.45) is 4.25. The number of hydrogen-bond acceptors (Lipinski definition) is 3. The summed E-state index contributed by atoms with van der Waals surface area (Å²) in [6.45, 7) is 2.47. The highest BCUT2D eigenvalue weighted by atomic mass is 16.1. The predicted molar refractivity (Wildman–Crippen MR) is 97.7 cm³/mol. The lowest BCUT2D eigenvalue weighted by atomic mass is 10.0. The molecule has 0 saturated carbocycles. The van der Waals surface area contributed by atoms with Crippen LogP contribution in [0.2, 0.25) is 0 Å². The Morgan fingerprint density at radius 2 is 1.88 bits per heavy atom. The fraction of sp³-hybridized carbons (Fsp3) is 0.400. The number of hydrogen-bond donors (Lipinski definition) is 2. The summed E-state index contributed by atoms with van der Waals surface area (Å²) < 4.78 is 0. The molecule has 1 fully saturated rings. The SMILES string of the molecule is CC(=O)Nc1ccc(C2CCCN2C2Cc3ccccc3C2)c(=O)[nH]1. The first-order chi connectivity index (χ1) is 12.1. The fourth-order valence-electron chi connectivity index (χ4n) is 4.34. The summed E-state index contributed by atoms with van der Waals surface area (Å²) in [5.41, 5.74) is 3.59. The van der Waals surface area contributed by atoms with Gasteiger partial charge in [0, 0.05) is 24.6 Å². The second-order valence-corrected chi connectivity index (χ2v) is 7.06. The van der Waals surface area contributed by atoms with Gasteiger partial charge in [-0.2, -0.15) is 0 Å². The molecular formula is C20H23N3O2. The highest BCUT2D eigenvalue weighted by molar-refractivity contribution is 5.87. The minimum absolute atomic E-state index is 0.0985. The van der Waals surface area contributed by atoms with Crippen LogP contribution in [0.25, 0.3) is 0 Å². The summed E-state index contributed by atoms with van der Waals surface area (Å²) in [4.78, 5) is 29.0. The number of anilines is 1. The number of aromatic amines is 1. The smallest absolute Gasteiger partial charge is 0.254 e. The number of nitrogens with zero attached hydrogens (tertiary/aromatic N) is 1. The molecule has 2 N–H and O–H groups in total. The molecule has 4 rings (SSSR count). The molecule has 1 amide bonds. The third kappa shape index (κ3) is 3.12. The van der Waals surface area contributed by atoms with E-state index in [-0.39, 0.29) is 17.5 Å². The maximum Gasteiger partial charge on any atom is 0.254 e. The first kappa shape index (κ1) is 16.1. The largest absolute Gasteiger partial charge is 0.312 e. The molecule has 1 atom stereocenters. The van der Waals surface area contributed by atoms with Crippen molar-refractivity contribution in [3.8, 4) is 0 Å². The number of fused-ring (bicyclic) bond motifs is 1. The van der Waals surface area contributed by atoms with Gasteiger partial charge in [0.05, 0.1) is 0 Å². The number of carbonyl (C=O) groups excluding carboxylic acids is 1. The minimum atomic E-state index is -0.186. The van der Waals surface area contributed by atoms with Crippen molar-refractivity contribution in [2.45, 2.75) is 44.7 Å². The molecule has 0 spiro atoms. The van der Waals surface area contributed by atoms with Crippen molar-refractivity contribution in [3.05, 3.63) is 63.4 Å². The molecule has 0 radical (unpaired) electrons. The Hall–Kier alpha value is -2.40. The Labute approximate surface area is 147 Å². The number of benzene rings is 1. The zero-order valence-corrected chi connectivity index (χ0v) is 14.4. The van der Waals surface area contributed by atoms with Gasteiger partial charge in [0.1, 0.15) is 5.82 Å². The second kappa shape index (κ2) is 6.48. The van der Waals surface area contributed by atoms with E-state index >= 15 is 0 Å². The van der Waals surface area contributed by atoms with Crippen LogP contribution < -0.4 is 10.9 Å². The standard InChI is InChI=1S/C20H23N3O2/c1-13(24)21-19-9-8-17(20(25)22-19)18-7-4-10-23(18)16-11-14-5-2-3-6-15(14)12-16/h2-3,5-6,8-9,16,18H,4,7,10-12H2,1H3,(H2,21,22,24,25). The highest BCUT2D eigenvalue weighted by Crippen LogP contribution is 2.36. The lowest BCUT2D eigenvalue weighted by Crippen LogP contribution is -2.37. The Morgan fingerprint density at radius 3 is 2.52 bits per heavy atom. The van der Waals surface area contributed by atoms with E-state index in [0.717, 1.165) is 37.8 Å². The second-order valence-electron chi connectivity index (χ2n) is 7.06. The van der Waals surface area contributed by atoms with Crippen molar-refractivity contribution in [2.75, 3.05) is 11.9 Å². The van der Waals surface area contributed by atoms with Crippen LogP contribution in [0.4, 0.5) is 5.82 Å².